The molecule has 0 radical (unpaired) electrons. The first-order chi connectivity index (χ1) is 23.9. The minimum absolute atomic E-state index is 0.0657. The molecular weight excluding hydrogens is 660 g/mol. The zero-order chi connectivity index (χ0) is 36.8. The van der Waals surface area contributed by atoms with Gasteiger partial charge in [0.25, 0.3) is 5.91 Å². The lowest BCUT2D eigenvalue weighted by Crippen LogP contribution is -2.60. The summed E-state index contributed by atoms with van der Waals surface area (Å²) in [7, 11) is 2.49. The Morgan fingerprint density at radius 1 is 1.08 bits per heavy atom. The van der Waals surface area contributed by atoms with Gasteiger partial charge in [0.15, 0.2) is 11.9 Å². The van der Waals surface area contributed by atoms with Gasteiger partial charge in [0.05, 0.1) is 6.67 Å². The molecule has 0 spiro atoms. The molecule has 9 N–H and O–H groups in total. The summed E-state index contributed by atoms with van der Waals surface area (Å²) in [5, 5.41) is 29.3. The third kappa shape index (κ3) is 11.6. The Morgan fingerprint density at radius 2 is 1.78 bits per heavy atom. The average molecular weight is 713 g/mol. The highest BCUT2D eigenvalue weighted by atomic mass is 16.7. The van der Waals surface area contributed by atoms with Crippen molar-refractivity contribution in [1.82, 2.24) is 20.9 Å². The topological polar surface area (TPSA) is 263 Å². The number of methoxy groups -OCH3 is 2. The van der Waals surface area contributed by atoms with Crippen molar-refractivity contribution < 1.29 is 57.9 Å². The van der Waals surface area contributed by atoms with Crippen LogP contribution in [-0.4, -0.2) is 127 Å². The summed E-state index contributed by atoms with van der Waals surface area (Å²) >= 11 is 0. The molecule has 0 aromatic carbocycles. The van der Waals surface area contributed by atoms with Gasteiger partial charge in [-0.15, -0.1) is 0 Å². The number of nitrogens with one attached hydrogen (secondary N) is 3. The fourth-order valence-electron chi connectivity index (χ4n) is 5.80. The number of unbranched alkanes of at least 4 members (excludes halogenated alkanes) is 4. The predicted octanol–water partition coefficient (Wildman–Crippen LogP) is -1.91. The van der Waals surface area contributed by atoms with Crippen LogP contribution in [0.4, 0.5) is 0 Å². The molecule has 3 rings (SSSR count). The quantitative estimate of drug-likeness (QED) is 0.0570. The number of esters is 1. The van der Waals surface area contributed by atoms with Gasteiger partial charge in [0, 0.05) is 39.0 Å². The predicted molar refractivity (Wildman–Crippen MR) is 175 cm³/mol. The Bertz CT molecular complexity index is 1230. The molecular formula is C32H52N6O12. The number of hydrogen-bond acceptors (Lipinski definition) is 14. The second kappa shape index (κ2) is 20.1. The summed E-state index contributed by atoms with van der Waals surface area (Å²) in [6.45, 7) is 2.35. The van der Waals surface area contributed by atoms with Crippen molar-refractivity contribution >= 4 is 29.6 Å². The SMILES string of the molecule is COC([C@@H](OC)[C@@H](OC(=O)CCCCCCCN)N1C=CC(=O)NC1)[C@@H](O[C@H]1OC(C(=O)N[C@H]2CCC[C@@H](C)NC2=O)=C[C@H](O)[C@@H]1O)C(N)=O. The number of hydrogen-bond donors (Lipinski definition) is 7. The number of nitrogens with two attached hydrogens (primary N) is 2. The number of aliphatic hydroxyl groups is 2. The van der Waals surface area contributed by atoms with E-state index in [4.69, 9.17) is 35.2 Å². The van der Waals surface area contributed by atoms with Crippen LogP contribution in [0.5, 0.6) is 0 Å². The van der Waals surface area contributed by atoms with Gasteiger partial charge in [0.1, 0.15) is 30.5 Å². The molecule has 1 unspecified atom stereocenters. The van der Waals surface area contributed by atoms with E-state index in [0.717, 1.165) is 38.2 Å². The van der Waals surface area contributed by atoms with E-state index in [1.807, 2.05) is 6.92 Å². The van der Waals surface area contributed by atoms with Crippen LogP contribution in [0.2, 0.25) is 0 Å². The second-order valence-corrected chi connectivity index (χ2v) is 12.4. The van der Waals surface area contributed by atoms with E-state index in [0.29, 0.717) is 25.8 Å². The van der Waals surface area contributed by atoms with Gasteiger partial charge in [-0.1, -0.05) is 19.3 Å². The molecule has 18 heteroatoms. The molecule has 1 saturated heterocycles. The standard InChI is InChI=1S/C32H52N6O12/c1-18-10-9-11-19(29(44)36-18)37-30(45)21-16-20(39)24(42)32(48-21)50-26(28(34)43)25(46-2)27(47-3)31(38-15-13-22(40)35-17-38)49-23(41)12-7-5-4-6-8-14-33/h13,15-16,18-20,24-27,31-32,39,42H,4-12,14,17,33H2,1-3H3,(H2,34,43)(H,35,40)(H,36,44)(H,37,45)/t18-,19+,20+,24+,25?,26-,27-,31-,32-/m1/s1. The largest absolute Gasteiger partial charge is 0.456 e. The van der Waals surface area contributed by atoms with Crippen LogP contribution in [0.1, 0.15) is 64.7 Å². The zero-order valence-electron chi connectivity index (χ0n) is 28.8. The number of aliphatic hydroxyl groups excluding tert-OH is 2. The van der Waals surface area contributed by atoms with Gasteiger partial charge in [0.2, 0.25) is 30.2 Å². The normalized spacial score (nSPS) is 26.2. The first-order valence-corrected chi connectivity index (χ1v) is 16.9. The van der Waals surface area contributed by atoms with Crippen molar-refractivity contribution in [2.75, 3.05) is 27.4 Å². The van der Waals surface area contributed by atoms with Crippen molar-refractivity contribution in [2.24, 2.45) is 11.5 Å². The first-order valence-electron chi connectivity index (χ1n) is 16.9. The van der Waals surface area contributed by atoms with Gasteiger partial charge in [-0.2, -0.15) is 0 Å². The van der Waals surface area contributed by atoms with Crippen LogP contribution in [0.3, 0.4) is 0 Å². The van der Waals surface area contributed by atoms with Crippen molar-refractivity contribution in [3.05, 3.63) is 24.1 Å². The van der Waals surface area contributed by atoms with Crippen LogP contribution in [0, 0.1) is 0 Å². The fraction of sp³-hybridized carbons (Fsp3) is 0.719. The minimum atomic E-state index is -1.83. The maximum atomic E-state index is 13.1. The highest BCUT2D eigenvalue weighted by Gasteiger charge is 2.47. The number of primary amides is 1. The lowest BCUT2D eigenvalue weighted by Gasteiger charge is -2.41. The minimum Gasteiger partial charge on any atom is -0.456 e. The van der Waals surface area contributed by atoms with Gasteiger partial charge in [-0.25, -0.2) is 0 Å². The molecule has 282 valence electrons. The molecule has 3 heterocycles. The van der Waals surface area contributed by atoms with Crippen molar-refractivity contribution in [3.8, 4) is 0 Å². The van der Waals surface area contributed by atoms with Crippen LogP contribution < -0.4 is 27.4 Å². The molecule has 0 aromatic rings. The molecule has 3 aliphatic heterocycles. The Morgan fingerprint density at radius 3 is 2.42 bits per heavy atom. The molecule has 4 amide bonds. The highest BCUT2D eigenvalue weighted by Crippen LogP contribution is 2.26. The fourth-order valence-corrected chi connectivity index (χ4v) is 5.80. The monoisotopic (exact) mass is 712 g/mol. The summed E-state index contributed by atoms with van der Waals surface area (Å²) in [6.07, 6.45) is -1.66. The maximum absolute atomic E-state index is 13.1. The van der Waals surface area contributed by atoms with Crippen molar-refractivity contribution in [2.45, 2.75) is 120 Å². The Kier molecular flexibility index (Phi) is 16.4. The smallest absolute Gasteiger partial charge is 0.307 e. The number of ether oxygens (including phenoxy) is 5. The number of carbonyl (C=O) groups is 5. The number of amides is 4. The summed E-state index contributed by atoms with van der Waals surface area (Å²) in [5.74, 6) is -3.79. The van der Waals surface area contributed by atoms with Gasteiger partial charge >= 0.3 is 5.97 Å². The van der Waals surface area contributed by atoms with E-state index < -0.39 is 72.6 Å². The molecule has 18 nitrogen and oxygen atoms in total. The van der Waals surface area contributed by atoms with Crippen molar-refractivity contribution in [1.29, 1.82) is 0 Å². The zero-order valence-corrected chi connectivity index (χ0v) is 28.8. The number of nitrogens with zero attached hydrogens (tertiary/aromatic N) is 1. The van der Waals surface area contributed by atoms with Crippen LogP contribution >= 0.6 is 0 Å². The number of rotatable bonds is 19. The van der Waals surface area contributed by atoms with Crippen LogP contribution in [0.15, 0.2) is 24.1 Å². The van der Waals surface area contributed by atoms with Crippen LogP contribution in [0.25, 0.3) is 0 Å². The average Bonchev–Trinajstić information content (AvgIpc) is 3.24. The highest BCUT2D eigenvalue weighted by molar-refractivity contribution is 5.95. The van der Waals surface area contributed by atoms with E-state index in [1.165, 1.54) is 31.4 Å². The summed E-state index contributed by atoms with van der Waals surface area (Å²) in [6, 6.07) is -0.937. The first kappa shape index (κ1) is 40.6. The summed E-state index contributed by atoms with van der Waals surface area (Å²) < 4.78 is 28.5. The van der Waals surface area contributed by atoms with E-state index in [9.17, 15) is 34.2 Å². The van der Waals surface area contributed by atoms with E-state index in [1.54, 1.807) is 0 Å². The summed E-state index contributed by atoms with van der Waals surface area (Å²) in [5.41, 5.74) is 11.3. The Labute approximate surface area is 291 Å². The molecule has 0 aromatic heterocycles. The third-order valence-corrected chi connectivity index (χ3v) is 8.58. The van der Waals surface area contributed by atoms with E-state index >= 15 is 0 Å². The molecule has 0 saturated carbocycles. The van der Waals surface area contributed by atoms with Gasteiger partial charge in [-0.05, 0) is 51.6 Å². The lowest BCUT2D eigenvalue weighted by molar-refractivity contribution is -0.251. The van der Waals surface area contributed by atoms with Crippen LogP contribution in [-0.2, 0) is 47.7 Å². The lowest BCUT2D eigenvalue weighted by atomic mass is 10.0. The maximum Gasteiger partial charge on any atom is 0.307 e. The molecule has 3 aliphatic rings. The Hall–Kier alpha value is -3.81. The van der Waals surface area contributed by atoms with E-state index in [2.05, 4.69) is 16.0 Å². The second-order valence-electron chi connectivity index (χ2n) is 12.4. The molecule has 9 atom stereocenters. The van der Waals surface area contributed by atoms with E-state index in [-0.39, 0.29) is 30.9 Å². The Balaban J connectivity index is 1.79. The summed E-state index contributed by atoms with van der Waals surface area (Å²) in [4.78, 5) is 64.9. The third-order valence-electron chi connectivity index (χ3n) is 8.58. The van der Waals surface area contributed by atoms with Gasteiger partial charge in [-0.3, -0.25) is 24.0 Å². The van der Waals surface area contributed by atoms with Gasteiger partial charge < -0.3 is 66.2 Å². The number of carbonyl (C=O) groups excluding carboxylic acids is 5. The molecule has 50 heavy (non-hydrogen) atoms. The molecule has 0 bridgehead atoms. The molecule has 1 fully saturated rings. The van der Waals surface area contributed by atoms with Crippen molar-refractivity contribution in [3.63, 3.8) is 0 Å². The molecule has 0 aliphatic carbocycles.